The lowest BCUT2D eigenvalue weighted by molar-refractivity contribution is -0.384. The number of nitro groups is 1. The van der Waals surface area contributed by atoms with E-state index in [0.717, 1.165) is 18.3 Å². The number of nitro benzene ring substituents is 1. The molecular weight excluding hydrogens is 648 g/mol. The van der Waals surface area contributed by atoms with Crippen LogP contribution in [0.25, 0.3) is 6.08 Å². The molecule has 0 aromatic heterocycles. The van der Waals surface area contributed by atoms with Gasteiger partial charge in [0.05, 0.1) is 12.1 Å². The topological polar surface area (TPSA) is 105 Å². The number of rotatable bonds is 7. The monoisotopic (exact) mass is 665 g/mol. The second-order valence-electron chi connectivity index (χ2n) is 7.02. The summed E-state index contributed by atoms with van der Waals surface area (Å²) < 4.78 is 7.55. The van der Waals surface area contributed by atoms with Gasteiger partial charge in [-0.3, -0.25) is 14.9 Å². The third-order valence-corrected chi connectivity index (χ3v) is 6.11. The van der Waals surface area contributed by atoms with Gasteiger partial charge in [0.25, 0.3) is 11.6 Å². The van der Waals surface area contributed by atoms with Gasteiger partial charge in [-0.05, 0) is 111 Å². The van der Waals surface area contributed by atoms with E-state index in [9.17, 15) is 20.2 Å². The quantitative estimate of drug-likeness (QED) is 0.106. The van der Waals surface area contributed by atoms with E-state index >= 15 is 0 Å². The van der Waals surface area contributed by atoms with Gasteiger partial charge in [-0.25, -0.2) is 0 Å². The minimum Gasteiger partial charge on any atom is -0.487 e. The highest BCUT2D eigenvalue weighted by Gasteiger charge is 2.13. The summed E-state index contributed by atoms with van der Waals surface area (Å²) in [6.07, 6.45) is 1.54. The molecule has 0 atom stereocenters. The number of non-ortho nitro benzene ring substituents is 1. The fourth-order valence-corrected chi connectivity index (χ4v) is 5.03. The number of halogens is 2. The van der Waals surface area contributed by atoms with Gasteiger partial charge in [0.15, 0.2) is 0 Å². The average Bonchev–Trinajstić information content (AvgIpc) is 2.77. The summed E-state index contributed by atoms with van der Waals surface area (Å²) in [5.74, 6) is 0.182. The Kier molecular flexibility index (Phi) is 8.40. The number of amides is 1. The van der Waals surface area contributed by atoms with E-state index in [4.69, 9.17) is 4.74 Å². The average molecular weight is 665 g/mol. The van der Waals surface area contributed by atoms with Gasteiger partial charge in [0.1, 0.15) is 24.0 Å². The number of carbonyl (C=O) groups is 1. The molecule has 3 aromatic carbocycles. The van der Waals surface area contributed by atoms with Gasteiger partial charge >= 0.3 is 0 Å². The maximum absolute atomic E-state index is 12.5. The number of nitrogens with zero attached hydrogens (tertiary/aromatic N) is 2. The molecule has 0 aliphatic heterocycles. The molecule has 0 saturated heterocycles. The van der Waals surface area contributed by atoms with Crippen molar-refractivity contribution in [2.24, 2.45) is 0 Å². The molecule has 0 unspecified atom stereocenters. The SMILES string of the molecule is Cc1cccc(NC(=O)/C(C#N)=C\c2cc(I)c(OCc3ccc([N+](=O)[O-])cc3)c(I)c2)c1. The largest absolute Gasteiger partial charge is 0.487 e. The molecule has 1 amide bonds. The van der Waals surface area contributed by atoms with Gasteiger partial charge < -0.3 is 10.1 Å². The lowest BCUT2D eigenvalue weighted by Gasteiger charge is -2.12. The number of ether oxygens (including phenoxy) is 1. The summed E-state index contributed by atoms with van der Waals surface area (Å²) in [7, 11) is 0. The summed E-state index contributed by atoms with van der Waals surface area (Å²) in [5, 5.41) is 23.0. The predicted octanol–water partition coefficient (Wildman–Crippen LogP) is 6.24. The molecule has 0 aliphatic carbocycles. The first kappa shape index (κ1) is 24.7. The maximum atomic E-state index is 12.5. The van der Waals surface area contributed by atoms with E-state index in [1.54, 1.807) is 18.2 Å². The first-order chi connectivity index (χ1) is 15.8. The van der Waals surface area contributed by atoms with Gasteiger partial charge in [-0.2, -0.15) is 5.26 Å². The number of nitrogens with one attached hydrogen (secondary N) is 1. The fraction of sp³-hybridized carbons (Fsp3) is 0.0833. The van der Waals surface area contributed by atoms with Crippen LogP contribution >= 0.6 is 45.2 Å². The summed E-state index contributed by atoms with van der Waals surface area (Å²) in [6.45, 7) is 2.17. The van der Waals surface area contributed by atoms with E-state index < -0.39 is 10.8 Å². The lowest BCUT2D eigenvalue weighted by Crippen LogP contribution is -2.13. The summed E-state index contributed by atoms with van der Waals surface area (Å²) in [4.78, 5) is 22.9. The molecule has 7 nitrogen and oxygen atoms in total. The second-order valence-corrected chi connectivity index (χ2v) is 9.34. The highest BCUT2D eigenvalue weighted by atomic mass is 127. The van der Waals surface area contributed by atoms with Crippen molar-refractivity contribution in [1.82, 2.24) is 0 Å². The first-order valence-corrected chi connectivity index (χ1v) is 11.8. The van der Waals surface area contributed by atoms with Crippen molar-refractivity contribution in [3.63, 3.8) is 0 Å². The van der Waals surface area contributed by atoms with E-state index in [1.807, 2.05) is 43.3 Å². The number of hydrogen-bond acceptors (Lipinski definition) is 5. The Morgan fingerprint density at radius 3 is 2.39 bits per heavy atom. The van der Waals surface area contributed by atoms with E-state index in [2.05, 4.69) is 50.5 Å². The van der Waals surface area contributed by atoms with Crippen molar-refractivity contribution in [3.05, 3.63) is 100 Å². The number of carbonyl (C=O) groups excluding carboxylic acids is 1. The van der Waals surface area contributed by atoms with Crippen LogP contribution < -0.4 is 10.1 Å². The molecule has 1 N–H and O–H groups in total. The third-order valence-electron chi connectivity index (χ3n) is 4.50. The van der Waals surface area contributed by atoms with E-state index in [1.165, 1.54) is 18.2 Å². The second kappa shape index (κ2) is 11.2. The molecule has 3 rings (SSSR count). The summed E-state index contributed by atoms with van der Waals surface area (Å²) in [5.41, 5.74) is 3.14. The summed E-state index contributed by atoms with van der Waals surface area (Å²) in [6, 6.07) is 19.1. The highest BCUT2D eigenvalue weighted by Crippen LogP contribution is 2.31. The van der Waals surface area contributed by atoms with Gasteiger partial charge in [-0.15, -0.1) is 0 Å². The molecule has 0 heterocycles. The Bertz CT molecular complexity index is 1260. The van der Waals surface area contributed by atoms with Gasteiger partial charge in [0.2, 0.25) is 0 Å². The Labute approximate surface area is 217 Å². The predicted molar refractivity (Wildman–Crippen MR) is 143 cm³/mol. The molecule has 3 aromatic rings. The van der Waals surface area contributed by atoms with Crippen molar-refractivity contribution in [2.75, 3.05) is 5.32 Å². The number of benzene rings is 3. The number of hydrogen-bond donors (Lipinski definition) is 1. The molecule has 9 heteroatoms. The van der Waals surface area contributed by atoms with Crippen molar-refractivity contribution in [3.8, 4) is 11.8 Å². The zero-order valence-corrected chi connectivity index (χ0v) is 21.7. The van der Waals surface area contributed by atoms with E-state index in [0.29, 0.717) is 17.0 Å². The molecule has 0 fully saturated rings. The van der Waals surface area contributed by atoms with E-state index in [-0.39, 0.29) is 17.9 Å². The van der Waals surface area contributed by atoms with Crippen LogP contribution in [-0.2, 0) is 11.4 Å². The number of anilines is 1. The molecule has 0 saturated carbocycles. The van der Waals surface area contributed by atoms with Crippen LogP contribution in [0.5, 0.6) is 5.75 Å². The van der Waals surface area contributed by atoms with Crippen molar-refractivity contribution >= 4 is 68.5 Å². The molecular formula is C24H17I2N3O4. The maximum Gasteiger partial charge on any atom is 0.269 e. The van der Waals surface area contributed by atoms with Crippen LogP contribution in [0.15, 0.2) is 66.2 Å². The van der Waals surface area contributed by atoms with Crippen LogP contribution in [0.4, 0.5) is 11.4 Å². The minimum atomic E-state index is -0.480. The zero-order chi connectivity index (χ0) is 24.0. The number of nitriles is 1. The van der Waals surface area contributed by atoms with Gasteiger partial charge in [0, 0.05) is 17.8 Å². The van der Waals surface area contributed by atoms with Crippen LogP contribution in [0.3, 0.4) is 0 Å². The normalized spacial score (nSPS) is 10.9. The van der Waals surface area contributed by atoms with Crippen LogP contribution in [0, 0.1) is 35.5 Å². The van der Waals surface area contributed by atoms with Crippen LogP contribution in [0.2, 0.25) is 0 Å². The van der Waals surface area contributed by atoms with Crippen molar-refractivity contribution in [2.45, 2.75) is 13.5 Å². The Hall–Kier alpha value is -2.98. The Morgan fingerprint density at radius 2 is 1.82 bits per heavy atom. The van der Waals surface area contributed by atoms with Crippen molar-refractivity contribution in [1.29, 1.82) is 5.26 Å². The van der Waals surface area contributed by atoms with Gasteiger partial charge in [-0.1, -0.05) is 12.1 Å². The van der Waals surface area contributed by atoms with Crippen molar-refractivity contribution < 1.29 is 14.5 Å². The van der Waals surface area contributed by atoms with Crippen LogP contribution in [0.1, 0.15) is 16.7 Å². The third kappa shape index (κ3) is 6.75. The molecule has 0 bridgehead atoms. The lowest BCUT2D eigenvalue weighted by atomic mass is 10.1. The molecule has 166 valence electrons. The Balaban J connectivity index is 1.75. The molecule has 0 spiro atoms. The molecule has 33 heavy (non-hydrogen) atoms. The van der Waals surface area contributed by atoms with Crippen LogP contribution in [-0.4, -0.2) is 10.8 Å². The highest BCUT2D eigenvalue weighted by molar-refractivity contribution is 14.1. The number of aryl methyl sites for hydroxylation is 1. The molecule has 0 radical (unpaired) electrons. The Morgan fingerprint density at radius 1 is 1.15 bits per heavy atom. The zero-order valence-electron chi connectivity index (χ0n) is 17.3. The fourth-order valence-electron chi connectivity index (χ4n) is 2.91. The minimum absolute atomic E-state index is 0.0114. The molecule has 0 aliphatic rings. The standard InChI is InChI=1S/C24H17I2N3O4/c1-15-3-2-4-19(9-15)28-24(30)18(13-27)10-17-11-21(25)23(22(26)12-17)33-14-16-5-7-20(8-6-16)29(31)32/h2-12H,14H2,1H3,(H,28,30)/b18-10-. The first-order valence-electron chi connectivity index (χ1n) is 9.62. The smallest absolute Gasteiger partial charge is 0.269 e. The summed E-state index contributed by atoms with van der Waals surface area (Å²) >= 11 is 4.27.